The Hall–Kier alpha value is -2.07. The Morgan fingerprint density at radius 2 is 2.17 bits per heavy atom. The fraction of sp³-hybridized carbons (Fsp3) is 0.421. The van der Waals surface area contributed by atoms with Crippen LogP contribution >= 0.6 is 36.2 Å². The lowest BCUT2D eigenvalue weighted by Gasteiger charge is -2.34. The minimum absolute atomic E-state index is 0. The lowest BCUT2D eigenvalue weighted by atomic mass is 9.98. The molecule has 3 aromatic heterocycles. The zero-order valence-electron chi connectivity index (χ0n) is 16.6. The highest BCUT2D eigenvalue weighted by atomic mass is 35.5. The minimum atomic E-state index is -0.508. The average Bonchev–Trinajstić information content (AvgIpc) is 3.25. The fourth-order valence-corrected chi connectivity index (χ4v) is 4.70. The largest absolute Gasteiger partial charge is 0.397 e. The molecule has 0 aliphatic carbocycles. The number of anilines is 2. The number of ether oxygens (including phenoxy) is 1. The van der Waals surface area contributed by atoms with E-state index in [2.05, 4.69) is 14.9 Å². The van der Waals surface area contributed by atoms with Crippen molar-refractivity contribution in [1.29, 1.82) is 0 Å². The number of piperidine rings is 1. The second-order valence-electron chi connectivity index (χ2n) is 7.22. The SMILES string of the molecule is Cl.Cl.Cn1cnc(COC[C@H]2CCCN(c3ccnc4sc(C(N)=O)c(N)c34)C2)c1. The summed E-state index contributed by atoms with van der Waals surface area (Å²) in [7, 11) is 1.95. The van der Waals surface area contributed by atoms with Crippen LogP contribution in [0.2, 0.25) is 0 Å². The number of aryl methyl sites for hydroxylation is 1. The van der Waals surface area contributed by atoms with Gasteiger partial charge in [0.15, 0.2) is 0 Å². The average molecular weight is 473 g/mol. The Morgan fingerprint density at radius 1 is 1.37 bits per heavy atom. The normalized spacial score (nSPS) is 16.2. The highest BCUT2D eigenvalue weighted by molar-refractivity contribution is 7.21. The van der Waals surface area contributed by atoms with Crippen molar-refractivity contribution < 1.29 is 9.53 Å². The molecule has 0 unspecified atom stereocenters. The summed E-state index contributed by atoms with van der Waals surface area (Å²) in [5.74, 6) is -0.0814. The molecule has 3 aromatic rings. The fourth-order valence-electron chi connectivity index (χ4n) is 3.77. The highest BCUT2D eigenvalue weighted by Crippen LogP contribution is 2.39. The molecule has 1 amide bonds. The zero-order chi connectivity index (χ0) is 19.7. The summed E-state index contributed by atoms with van der Waals surface area (Å²) < 4.78 is 7.82. The monoisotopic (exact) mass is 472 g/mol. The Balaban J connectivity index is 0.00000160. The van der Waals surface area contributed by atoms with Crippen LogP contribution in [0.15, 0.2) is 24.8 Å². The maximum atomic E-state index is 11.7. The summed E-state index contributed by atoms with van der Waals surface area (Å²) in [6.45, 7) is 3.03. The number of hydrogen-bond acceptors (Lipinski definition) is 7. The smallest absolute Gasteiger partial charge is 0.260 e. The van der Waals surface area contributed by atoms with E-state index in [0.29, 0.717) is 29.7 Å². The van der Waals surface area contributed by atoms with Crippen molar-refractivity contribution in [3.05, 3.63) is 35.4 Å². The maximum absolute atomic E-state index is 11.7. The standard InChI is InChI=1S/C19H24N6O2S.2ClH/c1-24-8-13(23-11-24)10-27-9-12-3-2-6-25(7-12)14-4-5-22-19-15(14)16(20)17(28-19)18(21)26;;/h4-5,8,11-12H,2-3,6-7,9-10,20H2,1H3,(H2,21,26);2*1H/t12-;;/m0../s1. The number of primary amides is 1. The van der Waals surface area contributed by atoms with Gasteiger partial charge in [0, 0.05) is 32.5 Å². The van der Waals surface area contributed by atoms with Crippen LogP contribution in [0, 0.1) is 5.92 Å². The second-order valence-corrected chi connectivity index (χ2v) is 8.22. The molecule has 0 spiro atoms. The number of halogens is 2. The number of imidazole rings is 1. The molecule has 4 N–H and O–H groups in total. The number of nitrogens with zero attached hydrogens (tertiary/aromatic N) is 4. The van der Waals surface area contributed by atoms with Gasteiger partial charge in [0.25, 0.3) is 5.91 Å². The van der Waals surface area contributed by atoms with Crippen LogP contribution in [-0.4, -0.2) is 40.1 Å². The Morgan fingerprint density at radius 3 is 2.87 bits per heavy atom. The van der Waals surface area contributed by atoms with Crippen LogP contribution in [0.1, 0.15) is 28.2 Å². The molecule has 4 rings (SSSR count). The van der Waals surface area contributed by atoms with Gasteiger partial charge in [-0.15, -0.1) is 36.2 Å². The molecule has 8 nitrogen and oxygen atoms in total. The summed E-state index contributed by atoms with van der Waals surface area (Å²) in [5, 5.41) is 0.830. The van der Waals surface area contributed by atoms with Gasteiger partial charge in [-0.1, -0.05) is 0 Å². The van der Waals surface area contributed by atoms with Crippen molar-refractivity contribution in [3.63, 3.8) is 0 Å². The predicted octanol–water partition coefficient (Wildman–Crippen LogP) is 2.99. The van der Waals surface area contributed by atoms with E-state index in [-0.39, 0.29) is 24.8 Å². The minimum Gasteiger partial charge on any atom is -0.397 e. The molecule has 164 valence electrons. The van der Waals surface area contributed by atoms with Gasteiger partial charge >= 0.3 is 0 Å². The number of nitrogen functional groups attached to an aromatic ring is 1. The number of carbonyl (C=O) groups is 1. The molecule has 1 aliphatic rings. The van der Waals surface area contributed by atoms with Crippen molar-refractivity contribution >= 4 is 63.6 Å². The van der Waals surface area contributed by atoms with Crippen molar-refractivity contribution in [1.82, 2.24) is 14.5 Å². The van der Waals surface area contributed by atoms with E-state index in [9.17, 15) is 4.79 Å². The van der Waals surface area contributed by atoms with E-state index in [1.54, 1.807) is 12.5 Å². The Bertz CT molecular complexity index is 1010. The van der Waals surface area contributed by atoms with Gasteiger partial charge in [-0.3, -0.25) is 4.79 Å². The molecule has 30 heavy (non-hydrogen) atoms. The summed E-state index contributed by atoms with van der Waals surface area (Å²) >= 11 is 1.25. The number of hydrogen-bond donors (Lipinski definition) is 2. The topological polar surface area (TPSA) is 112 Å². The summed E-state index contributed by atoms with van der Waals surface area (Å²) in [4.78, 5) is 23.8. The van der Waals surface area contributed by atoms with Gasteiger partial charge in [0.2, 0.25) is 0 Å². The van der Waals surface area contributed by atoms with Crippen LogP contribution in [0.25, 0.3) is 10.2 Å². The van der Waals surface area contributed by atoms with E-state index >= 15 is 0 Å². The third-order valence-corrected chi connectivity index (χ3v) is 6.18. The van der Waals surface area contributed by atoms with Crippen LogP contribution < -0.4 is 16.4 Å². The van der Waals surface area contributed by atoms with Crippen molar-refractivity contribution in [2.45, 2.75) is 19.4 Å². The lowest BCUT2D eigenvalue weighted by Crippen LogP contribution is -2.37. The quantitative estimate of drug-likeness (QED) is 0.569. The van der Waals surface area contributed by atoms with Gasteiger partial charge in [0.1, 0.15) is 9.71 Å². The van der Waals surface area contributed by atoms with Crippen LogP contribution in [0.4, 0.5) is 11.4 Å². The van der Waals surface area contributed by atoms with Gasteiger partial charge in [-0.25, -0.2) is 9.97 Å². The number of thiophene rings is 1. The third kappa shape index (κ3) is 4.97. The van der Waals surface area contributed by atoms with Crippen LogP contribution in [0.3, 0.4) is 0 Å². The first-order chi connectivity index (χ1) is 13.5. The van der Waals surface area contributed by atoms with Gasteiger partial charge in [0.05, 0.1) is 42.0 Å². The second kappa shape index (κ2) is 10.3. The van der Waals surface area contributed by atoms with Crippen LogP contribution in [-0.2, 0) is 18.4 Å². The highest BCUT2D eigenvalue weighted by Gasteiger charge is 2.25. The number of aromatic nitrogens is 3. The number of fused-ring (bicyclic) bond motifs is 1. The van der Waals surface area contributed by atoms with Crippen molar-refractivity contribution in [2.75, 3.05) is 30.3 Å². The summed E-state index contributed by atoms with van der Waals surface area (Å²) in [6, 6.07) is 1.97. The Labute approximate surface area is 191 Å². The number of pyridine rings is 1. The van der Waals surface area contributed by atoms with E-state index in [1.165, 1.54) is 11.3 Å². The maximum Gasteiger partial charge on any atom is 0.260 e. The van der Waals surface area contributed by atoms with Crippen molar-refractivity contribution in [2.24, 2.45) is 18.7 Å². The van der Waals surface area contributed by atoms with Crippen molar-refractivity contribution in [3.8, 4) is 0 Å². The molecule has 4 heterocycles. The van der Waals surface area contributed by atoms with E-state index in [1.807, 2.05) is 23.9 Å². The third-order valence-electron chi connectivity index (χ3n) is 5.05. The molecule has 1 aliphatic heterocycles. The van der Waals surface area contributed by atoms with Gasteiger partial charge in [-0.05, 0) is 24.8 Å². The van der Waals surface area contributed by atoms with Gasteiger partial charge < -0.3 is 25.7 Å². The molecule has 0 aromatic carbocycles. The number of rotatable bonds is 6. The first-order valence-electron chi connectivity index (χ1n) is 9.29. The molecule has 0 saturated carbocycles. The zero-order valence-corrected chi connectivity index (χ0v) is 19.1. The van der Waals surface area contributed by atoms with Crippen LogP contribution in [0.5, 0.6) is 0 Å². The molecular formula is C19H26Cl2N6O2S. The molecule has 1 fully saturated rings. The molecule has 0 bridgehead atoms. The lowest BCUT2D eigenvalue weighted by molar-refractivity contribution is 0.0798. The molecule has 1 atom stereocenters. The van der Waals surface area contributed by atoms with E-state index in [4.69, 9.17) is 16.2 Å². The summed E-state index contributed by atoms with van der Waals surface area (Å²) in [6.07, 6.45) is 7.71. The summed E-state index contributed by atoms with van der Waals surface area (Å²) in [5.41, 5.74) is 14.1. The molecule has 1 saturated heterocycles. The van der Waals surface area contributed by atoms with E-state index < -0.39 is 5.91 Å². The Kier molecular flexibility index (Phi) is 8.31. The van der Waals surface area contributed by atoms with Gasteiger partial charge in [-0.2, -0.15) is 0 Å². The first-order valence-corrected chi connectivity index (χ1v) is 10.1. The molecule has 11 heteroatoms. The number of nitrogens with two attached hydrogens (primary N) is 2. The van der Waals surface area contributed by atoms with E-state index in [0.717, 1.165) is 47.5 Å². The predicted molar refractivity (Wildman–Crippen MR) is 125 cm³/mol. The molecular weight excluding hydrogens is 447 g/mol. The first kappa shape index (κ1) is 24.2. The number of amides is 1. The number of carbonyl (C=O) groups excluding carboxylic acids is 1. The molecule has 0 radical (unpaired) electrons.